The maximum Gasteiger partial charge on any atom is 0.123 e. The smallest absolute Gasteiger partial charge is 0.123 e. The number of halogens is 1. The first-order chi connectivity index (χ1) is 13.7. The molecule has 0 saturated heterocycles. The molecular formula is C27H21F. The first kappa shape index (κ1) is 18.0. The summed E-state index contributed by atoms with van der Waals surface area (Å²) in [5, 5.41) is 1.88. The van der Waals surface area contributed by atoms with Crippen LogP contribution in [-0.4, -0.2) is 0 Å². The number of rotatable bonds is 3. The lowest BCUT2D eigenvalue weighted by Gasteiger charge is -2.04. The highest BCUT2D eigenvalue weighted by molar-refractivity contribution is 5.84. The van der Waals surface area contributed by atoms with E-state index >= 15 is 0 Å². The fourth-order valence-electron chi connectivity index (χ4n) is 3.34. The first-order valence-corrected chi connectivity index (χ1v) is 9.62. The molecule has 4 aromatic carbocycles. The molecule has 0 atom stereocenters. The molecule has 0 saturated carbocycles. The highest BCUT2D eigenvalue weighted by Crippen LogP contribution is 2.21. The van der Waals surface area contributed by atoms with E-state index < -0.39 is 0 Å². The van der Waals surface area contributed by atoms with E-state index in [2.05, 4.69) is 67.3 Å². The Morgan fingerprint density at radius 3 is 1.93 bits per heavy atom. The van der Waals surface area contributed by atoms with Gasteiger partial charge >= 0.3 is 0 Å². The van der Waals surface area contributed by atoms with Crippen LogP contribution in [0, 0.1) is 17.7 Å². The van der Waals surface area contributed by atoms with Crippen LogP contribution in [0.25, 0.3) is 21.9 Å². The third-order valence-electron chi connectivity index (χ3n) is 4.86. The average molecular weight is 364 g/mol. The topological polar surface area (TPSA) is 0 Å². The number of aryl methyl sites for hydroxylation is 1. The Kier molecular flexibility index (Phi) is 5.22. The molecule has 0 aromatic heterocycles. The van der Waals surface area contributed by atoms with Crippen molar-refractivity contribution < 1.29 is 4.39 Å². The van der Waals surface area contributed by atoms with E-state index in [9.17, 15) is 4.39 Å². The maximum absolute atomic E-state index is 13.3. The maximum atomic E-state index is 13.3. The highest BCUT2D eigenvalue weighted by Gasteiger charge is 1.99. The molecule has 0 aliphatic rings. The van der Waals surface area contributed by atoms with Gasteiger partial charge in [-0.05, 0) is 70.3 Å². The van der Waals surface area contributed by atoms with Crippen LogP contribution in [0.1, 0.15) is 30.0 Å². The SMILES string of the molecule is CCCc1ccc(-c2ccc(C#Cc3ccc4cc(F)ccc4c3)cc2)cc1. The molecule has 0 bridgehead atoms. The Balaban J connectivity index is 1.53. The van der Waals surface area contributed by atoms with Crippen LogP contribution in [0.5, 0.6) is 0 Å². The molecule has 0 nitrogen and oxygen atoms in total. The Morgan fingerprint density at radius 2 is 1.21 bits per heavy atom. The van der Waals surface area contributed by atoms with Gasteiger partial charge in [0.05, 0.1) is 0 Å². The van der Waals surface area contributed by atoms with Gasteiger partial charge in [0.25, 0.3) is 0 Å². The van der Waals surface area contributed by atoms with Crippen LogP contribution in [0.2, 0.25) is 0 Å². The molecule has 0 heterocycles. The lowest BCUT2D eigenvalue weighted by atomic mass is 10.0. The summed E-state index contributed by atoms with van der Waals surface area (Å²) in [6.07, 6.45) is 2.29. The Labute approximate surface area is 165 Å². The molecule has 1 heteroatoms. The van der Waals surface area contributed by atoms with E-state index in [0.717, 1.165) is 28.3 Å². The minimum Gasteiger partial charge on any atom is -0.207 e. The second-order valence-corrected chi connectivity index (χ2v) is 6.98. The summed E-state index contributed by atoms with van der Waals surface area (Å²) in [5.74, 6) is 6.21. The van der Waals surface area contributed by atoms with Crippen molar-refractivity contribution >= 4 is 10.8 Å². The summed E-state index contributed by atoms with van der Waals surface area (Å²) in [4.78, 5) is 0. The fourth-order valence-corrected chi connectivity index (χ4v) is 3.34. The highest BCUT2D eigenvalue weighted by atomic mass is 19.1. The monoisotopic (exact) mass is 364 g/mol. The van der Waals surface area contributed by atoms with E-state index in [1.54, 1.807) is 12.1 Å². The van der Waals surface area contributed by atoms with Gasteiger partial charge in [-0.15, -0.1) is 0 Å². The summed E-state index contributed by atoms with van der Waals surface area (Å²) in [6.45, 7) is 2.20. The van der Waals surface area contributed by atoms with Crippen LogP contribution in [-0.2, 0) is 6.42 Å². The largest absolute Gasteiger partial charge is 0.207 e. The molecule has 4 aromatic rings. The summed E-state index contributed by atoms with van der Waals surface area (Å²) in [7, 11) is 0. The third kappa shape index (κ3) is 4.13. The number of hydrogen-bond donors (Lipinski definition) is 0. The molecule has 0 fully saturated rings. The van der Waals surface area contributed by atoms with Gasteiger partial charge < -0.3 is 0 Å². The number of benzene rings is 4. The molecule has 0 aliphatic heterocycles. The molecule has 0 N–H and O–H groups in total. The van der Waals surface area contributed by atoms with E-state index in [0.29, 0.717) is 0 Å². The predicted octanol–water partition coefficient (Wildman–Crippen LogP) is 7.00. The van der Waals surface area contributed by atoms with Gasteiger partial charge in [0, 0.05) is 11.1 Å². The molecule has 0 amide bonds. The Hall–Kier alpha value is -3.37. The molecule has 0 radical (unpaired) electrons. The molecule has 4 rings (SSSR count). The van der Waals surface area contributed by atoms with Gasteiger partial charge in [-0.1, -0.05) is 73.7 Å². The second-order valence-electron chi connectivity index (χ2n) is 6.98. The number of hydrogen-bond acceptors (Lipinski definition) is 0. The molecule has 0 unspecified atom stereocenters. The lowest BCUT2D eigenvalue weighted by molar-refractivity contribution is 0.630. The Morgan fingerprint density at radius 1 is 0.643 bits per heavy atom. The van der Waals surface area contributed by atoms with Crippen molar-refractivity contribution in [3.63, 3.8) is 0 Å². The molecule has 136 valence electrons. The standard InChI is InChI=1S/C27H21F/c1-2-3-20-6-11-23(12-7-20)24-13-8-21(9-14-24)4-5-22-10-15-26-19-27(28)17-16-25(26)18-22/h6-19H,2-3H2,1H3. The Bertz CT molecular complexity index is 1160. The molecule has 0 aliphatic carbocycles. The van der Waals surface area contributed by atoms with Crippen molar-refractivity contribution in [2.45, 2.75) is 19.8 Å². The van der Waals surface area contributed by atoms with Gasteiger partial charge in [-0.3, -0.25) is 0 Å². The fraction of sp³-hybridized carbons (Fsp3) is 0.111. The summed E-state index contributed by atoms with van der Waals surface area (Å²) in [6, 6.07) is 27.8. The van der Waals surface area contributed by atoms with Crippen molar-refractivity contribution in [2.75, 3.05) is 0 Å². The van der Waals surface area contributed by atoms with Crippen molar-refractivity contribution in [1.29, 1.82) is 0 Å². The predicted molar refractivity (Wildman–Crippen MR) is 116 cm³/mol. The summed E-state index contributed by atoms with van der Waals surface area (Å²) < 4.78 is 13.3. The average Bonchev–Trinajstić information content (AvgIpc) is 2.73. The van der Waals surface area contributed by atoms with Crippen molar-refractivity contribution in [2.24, 2.45) is 0 Å². The zero-order chi connectivity index (χ0) is 19.3. The quantitative estimate of drug-likeness (QED) is 0.343. The van der Waals surface area contributed by atoms with Crippen LogP contribution in [0.4, 0.5) is 4.39 Å². The van der Waals surface area contributed by atoms with E-state index in [1.165, 1.54) is 29.2 Å². The van der Waals surface area contributed by atoms with Gasteiger partial charge in [0.2, 0.25) is 0 Å². The van der Waals surface area contributed by atoms with E-state index in [4.69, 9.17) is 0 Å². The van der Waals surface area contributed by atoms with Gasteiger partial charge in [0.1, 0.15) is 5.82 Å². The van der Waals surface area contributed by atoms with E-state index in [-0.39, 0.29) is 5.82 Å². The van der Waals surface area contributed by atoms with Crippen molar-refractivity contribution in [3.05, 3.63) is 107 Å². The third-order valence-corrected chi connectivity index (χ3v) is 4.86. The lowest BCUT2D eigenvalue weighted by Crippen LogP contribution is -1.84. The summed E-state index contributed by atoms with van der Waals surface area (Å²) >= 11 is 0. The minimum absolute atomic E-state index is 0.216. The van der Waals surface area contributed by atoms with Crippen LogP contribution in [0.15, 0.2) is 84.9 Å². The van der Waals surface area contributed by atoms with Gasteiger partial charge in [0.15, 0.2) is 0 Å². The molecule has 28 heavy (non-hydrogen) atoms. The normalized spacial score (nSPS) is 10.5. The van der Waals surface area contributed by atoms with Crippen LogP contribution >= 0.6 is 0 Å². The summed E-state index contributed by atoms with van der Waals surface area (Å²) in [5.41, 5.74) is 5.70. The van der Waals surface area contributed by atoms with E-state index in [1.807, 2.05) is 18.2 Å². The van der Waals surface area contributed by atoms with Crippen molar-refractivity contribution in [3.8, 4) is 23.0 Å². The zero-order valence-corrected chi connectivity index (χ0v) is 15.9. The van der Waals surface area contributed by atoms with Gasteiger partial charge in [-0.25, -0.2) is 4.39 Å². The second kappa shape index (κ2) is 8.11. The minimum atomic E-state index is -0.216. The zero-order valence-electron chi connectivity index (χ0n) is 15.9. The first-order valence-electron chi connectivity index (χ1n) is 9.62. The van der Waals surface area contributed by atoms with Crippen molar-refractivity contribution in [1.82, 2.24) is 0 Å². The van der Waals surface area contributed by atoms with Gasteiger partial charge in [-0.2, -0.15) is 0 Å². The molecular weight excluding hydrogens is 343 g/mol. The number of fused-ring (bicyclic) bond motifs is 1. The van der Waals surface area contributed by atoms with Crippen LogP contribution < -0.4 is 0 Å². The molecule has 0 spiro atoms. The van der Waals surface area contributed by atoms with Crippen LogP contribution in [0.3, 0.4) is 0 Å².